The van der Waals surface area contributed by atoms with E-state index in [1.807, 2.05) is 32.9 Å². The minimum absolute atomic E-state index is 0.252. The topological polar surface area (TPSA) is 50.8 Å². The second-order valence-corrected chi connectivity index (χ2v) is 8.31. The average molecular weight is 450 g/mol. The van der Waals surface area contributed by atoms with Crippen LogP contribution < -0.4 is 10.1 Å². The van der Waals surface area contributed by atoms with Crippen LogP contribution in [0, 0.1) is 0 Å². The third-order valence-corrected chi connectivity index (χ3v) is 4.45. The summed E-state index contributed by atoms with van der Waals surface area (Å²) in [6.45, 7) is 7.61. The summed E-state index contributed by atoms with van der Waals surface area (Å²) in [4.78, 5) is 13.6. The molecule has 0 unspecified atom stereocenters. The number of carbonyl (C=O) groups excluding carboxylic acids is 1. The quantitative estimate of drug-likeness (QED) is 0.756. The summed E-state index contributed by atoms with van der Waals surface area (Å²) in [6.07, 6.45) is -0.252. The molecule has 0 aromatic heterocycles. The Hall–Kier alpha value is -0.790. The van der Waals surface area contributed by atoms with Gasteiger partial charge in [-0.2, -0.15) is 0 Å². The fourth-order valence-electron chi connectivity index (χ4n) is 2.31. The molecule has 0 atom stereocenters. The van der Waals surface area contributed by atoms with Crippen molar-refractivity contribution in [1.82, 2.24) is 10.2 Å². The highest BCUT2D eigenvalue weighted by atomic mass is 79.9. The monoisotopic (exact) mass is 448 g/mol. The summed E-state index contributed by atoms with van der Waals surface area (Å²) in [7, 11) is 1.66. The molecule has 7 heteroatoms. The summed E-state index contributed by atoms with van der Waals surface area (Å²) in [5, 5.41) is 3.44. The molecule has 1 aromatic carbocycles. The average Bonchev–Trinajstić information content (AvgIpc) is 2.33. The molecule has 1 heterocycles. The molecule has 1 aliphatic heterocycles. The van der Waals surface area contributed by atoms with Gasteiger partial charge in [-0.15, -0.1) is 0 Å². The minimum atomic E-state index is -0.453. The van der Waals surface area contributed by atoms with Crippen LogP contribution in [-0.2, 0) is 11.3 Å². The molecule has 1 N–H and O–H groups in total. The number of likely N-dealkylation sites (tertiary alicyclic amines) is 1. The number of carbonyl (C=O) groups is 1. The molecule has 2 rings (SSSR count). The molecule has 1 saturated heterocycles. The van der Waals surface area contributed by atoms with Gasteiger partial charge in [-0.3, -0.25) is 0 Å². The summed E-state index contributed by atoms with van der Waals surface area (Å²) in [6, 6.07) is 4.25. The van der Waals surface area contributed by atoms with Crippen molar-refractivity contribution in [3.05, 3.63) is 26.6 Å². The van der Waals surface area contributed by atoms with Gasteiger partial charge in [-0.1, -0.05) is 15.9 Å². The van der Waals surface area contributed by atoms with Gasteiger partial charge in [0.1, 0.15) is 11.4 Å². The molecule has 5 nitrogen and oxygen atoms in total. The molecule has 1 aromatic rings. The second kappa shape index (κ2) is 7.40. The van der Waals surface area contributed by atoms with Gasteiger partial charge in [0.15, 0.2) is 0 Å². The van der Waals surface area contributed by atoms with Gasteiger partial charge < -0.3 is 19.7 Å². The van der Waals surface area contributed by atoms with Crippen molar-refractivity contribution in [2.24, 2.45) is 0 Å². The number of amides is 1. The molecular weight excluding hydrogens is 428 g/mol. The predicted octanol–water partition coefficient (Wildman–Crippen LogP) is 3.93. The van der Waals surface area contributed by atoms with Gasteiger partial charge in [0, 0.05) is 35.7 Å². The molecule has 0 saturated carbocycles. The van der Waals surface area contributed by atoms with Gasteiger partial charge in [-0.25, -0.2) is 4.79 Å². The minimum Gasteiger partial charge on any atom is -0.495 e. The molecule has 0 aliphatic carbocycles. The summed E-state index contributed by atoms with van der Waals surface area (Å²) in [5.41, 5.74) is 0.607. The molecule has 1 amide bonds. The first-order chi connectivity index (χ1) is 10.7. The van der Waals surface area contributed by atoms with E-state index in [2.05, 4.69) is 37.2 Å². The number of rotatable bonds is 4. The van der Waals surface area contributed by atoms with Crippen molar-refractivity contribution in [3.63, 3.8) is 0 Å². The Bertz CT molecular complexity index is 581. The Morgan fingerprint density at radius 2 is 2.00 bits per heavy atom. The van der Waals surface area contributed by atoms with E-state index in [1.165, 1.54) is 0 Å². The Morgan fingerprint density at radius 3 is 2.57 bits per heavy atom. The lowest BCUT2D eigenvalue weighted by Crippen LogP contribution is -2.60. The Labute approximate surface area is 154 Å². The molecule has 23 heavy (non-hydrogen) atoms. The maximum absolute atomic E-state index is 11.9. The molecule has 1 fully saturated rings. The van der Waals surface area contributed by atoms with E-state index in [0.29, 0.717) is 19.6 Å². The van der Waals surface area contributed by atoms with Crippen molar-refractivity contribution in [2.45, 2.75) is 39.0 Å². The lowest BCUT2D eigenvalue weighted by molar-refractivity contribution is 0.00516. The Morgan fingerprint density at radius 1 is 1.35 bits per heavy atom. The third-order valence-electron chi connectivity index (χ3n) is 3.40. The summed E-state index contributed by atoms with van der Waals surface area (Å²) in [5.74, 6) is 0.823. The van der Waals surface area contributed by atoms with E-state index in [4.69, 9.17) is 9.47 Å². The van der Waals surface area contributed by atoms with E-state index in [-0.39, 0.29) is 12.1 Å². The van der Waals surface area contributed by atoms with Crippen molar-refractivity contribution in [3.8, 4) is 5.75 Å². The Kier molecular flexibility index (Phi) is 5.97. The van der Waals surface area contributed by atoms with Crippen LogP contribution in [0.25, 0.3) is 0 Å². The summed E-state index contributed by atoms with van der Waals surface area (Å²) >= 11 is 6.99. The largest absolute Gasteiger partial charge is 0.495 e. The fraction of sp³-hybridized carbons (Fsp3) is 0.562. The first kappa shape index (κ1) is 18.5. The normalized spacial score (nSPS) is 15.3. The van der Waals surface area contributed by atoms with Gasteiger partial charge >= 0.3 is 6.09 Å². The number of halogens is 2. The first-order valence-electron chi connectivity index (χ1n) is 7.43. The number of hydrogen-bond donors (Lipinski definition) is 1. The second-order valence-electron chi connectivity index (χ2n) is 6.54. The molecule has 0 bridgehead atoms. The van der Waals surface area contributed by atoms with E-state index >= 15 is 0 Å². The van der Waals surface area contributed by atoms with Crippen LogP contribution >= 0.6 is 31.9 Å². The van der Waals surface area contributed by atoms with Gasteiger partial charge in [0.2, 0.25) is 0 Å². The van der Waals surface area contributed by atoms with Gasteiger partial charge in [-0.05, 0) is 48.8 Å². The maximum atomic E-state index is 11.9. The standard InChI is InChI=1S/C16H22Br2N2O3/c1-16(2,3)23-15(21)20-8-12(9-20)19-7-10-5-11(17)6-13(18)14(10)22-4/h5-6,12,19H,7-9H2,1-4H3. The van der Waals surface area contributed by atoms with Crippen LogP contribution in [0.2, 0.25) is 0 Å². The Balaban J connectivity index is 1.85. The SMILES string of the molecule is COc1c(Br)cc(Br)cc1CNC1CN(C(=O)OC(C)(C)C)C1. The number of ether oxygens (including phenoxy) is 2. The zero-order valence-corrected chi connectivity index (χ0v) is 17.0. The van der Waals surface area contributed by atoms with Gasteiger partial charge in [0.25, 0.3) is 0 Å². The van der Waals surface area contributed by atoms with Crippen molar-refractivity contribution < 1.29 is 14.3 Å². The van der Waals surface area contributed by atoms with Crippen LogP contribution in [0.4, 0.5) is 4.79 Å². The molecule has 1 aliphatic rings. The van der Waals surface area contributed by atoms with Crippen LogP contribution in [0.3, 0.4) is 0 Å². The van der Waals surface area contributed by atoms with E-state index in [0.717, 1.165) is 20.3 Å². The number of benzene rings is 1. The van der Waals surface area contributed by atoms with Crippen molar-refractivity contribution in [1.29, 1.82) is 0 Å². The third kappa shape index (κ3) is 5.09. The van der Waals surface area contributed by atoms with Crippen molar-refractivity contribution >= 4 is 38.0 Å². The lowest BCUT2D eigenvalue weighted by Gasteiger charge is -2.40. The highest BCUT2D eigenvalue weighted by molar-refractivity contribution is 9.11. The maximum Gasteiger partial charge on any atom is 0.410 e. The number of nitrogens with one attached hydrogen (secondary N) is 1. The highest BCUT2D eigenvalue weighted by Crippen LogP contribution is 2.32. The van der Waals surface area contributed by atoms with E-state index < -0.39 is 5.60 Å². The molecule has 0 radical (unpaired) electrons. The predicted molar refractivity (Wildman–Crippen MR) is 96.8 cm³/mol. The van der Waals surface area contributed by atoms with Crippen LogP contribution in [0.5, 0.6) is 5.75 Å². The molecular formula is C16H22Br2N2O3. The summed E-state index contributed by atoms with van der Waals surface area (Å²) < 4.78 is 12.7. The first-order valence-corrected chi connectivity index (χ1v) is 9.01. The van der Waals surface area contributed by atoms with Crippen molar-refractivity contribution in [2.75, 3.05) is 20.2 Å². The zero-order valence-electron chi connectivity index (χ0n) is 13.8. The van der Waals surface area contributed by atoms with E-state index in [1.54, 1.807) is 12.0 Å². The number of hydrogen-bond acceptors (Lipinski definition) is 4. The van der Waals surface area contributed by atoms with E-state index in [9.17, 15) is 4.79 Å². The molecule has 0 spiro atoms. The molecule has 128 valence electrons. The number of methoxy groups -OCH3 is 1. The lowest BCUT2D eigenvalue weighted by atomic mass is 10.1. The van der Waals surface area contributed by atoms with Crippen LogP contribution in [-0.4, -0.2) is 42.8 Å². The van der Waals surface area contributed by atoms with Gasteiger partial charge in [0.05, 0.1) is 11.6 Å². The zero-order chi connectivity index (χ0) is 17.2. The fourth-order valence-corrected chi connectivity index (χ4v) is 3.79. The highest BCUT2D eigenvalue weighted by Gasteiger charge is 2.33. The smallest absolute Gasteiger partial charge is 0.410 e. The van der Waals surface area contributed by atoms with Crippen LogP contribution in [0.1, 0.15) is 26.3 Å². The van der Waals surface area contributed by atoms with Crippen LogP contribution in [0.15, 0.2) is 21.1 Å². The number of nitrogens with zero attached hydrogens (tertiary/aromatic N) is 1.